The van der Waals surface area contributed by atoms with E-state index in [1.165, 1.54) is 0 Å². The molecule has 0 heterocycles. The summed E-state index contributed by atoms with van der Waals surface area (Å²) < 4.78 is 5.91. The van der Waals surface area contributed by atoms with Crippen LogP contribution in [0.4, 0.5) is 0 Å². The molecule has 0 spiro atoms. The van der Waals surface area contributed by atoms with Crippen molar-refractivity contribution in [2.24, 2.45) is 5.73 Å². The Morgan fingerprint density at radius 3 is 2.89 bits per heavy atom. The number of benzene rings is 1. The van der Waals surface area contributed by atoms with E-state index in [0.29, 0.717) is 19.6 Å². The normalized spacial score (nSPS) is 12.2. The van der Waals surface area contributed by atoms with E-state index >= 15 is 0 Å². The Morgan fingerprint density at radius 2 is 2.22 bits per heavy atom. The average Bonchev–Trinajstić information content (AvgIpc) is 2.37. The van der Waals surface area contributed by atoms with Crippen molar-refractivity contribution in [3.63, 3.8) is 0 Å². The number of amides is 1. The second-order valence-electron chi connectivity index (χ2n) is 4.05. The molecule has 4 nitrogen and oxygen atoms in total. The molecular weight excluding hydrogens is 296 g/mol. The molecule has 5 heteroatoms. The summed E-state index contributed by atoms with van der Waals surface area (Å²) in [5.41, 5.74) is 6.82. The van der Waals surface area contributed by atoms with Crippen molar-refractivity contribution in [2.45, 2.75) is 25.4 Å². The summed E-state index contributed by atoms with van der Waals surface area (Å²) in [5.74, 6) is -0.123. The molecule has 1 aromatic carbocycles. The van der Waals surface area contributed by atoms with Gasteiger partial charge in [0.15, 0.2) is 0 Å². The fraction of sp³-hybridized carbons (Fsp3) is 0.462. The van der Waals surface area contributed by atoms with Crippen LogP contribution in [0.1, 0.15) is 18.4 Å². The third kappa shape index (κ3) is 5.16. The first kappa shape index (κ1) is 15.1. The number of halogens is 1. The van der Waals surface area contributed by atoms with Gasteiger partial charge < -0.3 is 15.8 Å². The lowest BCUT2D eigenvalue weighted by Gasteiger charge is -2.12. The molecule has 0 saturated carbocycles. The van der Waals surface area contributed by atoms with Gasteiger partial charge in [-0.25, -0.2) is 0 Å². The molecule has 0 aromatic heterocycles. The standard InChI is InChI=1S/C13H19BrN2O2/c1-18-8-4-7-12(15)13(17)16-9-10-5-2-3-6-11(10)14/h2-3,5-6,12H,4,7-9,15H2,1H3,(H,16,17). The minimum atomic E-state index is -0.470. The van der Waals surface area contributed by atoms with Gasteiger partial charge in [-0.2, -0.15) is 0 Å². The monoisotopic (exact) mass is 314 g/mol. The Kier molecular flexibility index (Phi) is 6.93. The summed E-state index contributed by atoms with van der Waals surface area (Å²) in [4.78, 5) is 11.7. The fourth-order valence-electron chi connectivity index (χ4n) is 1.53. The maximum absolute atomic E-state index is 11.7. The Balaban J connectivity index is 2.34. The molecule has 0 bridgehead atoms. The molecule has 0 fully saturated rings. The summed E-state index contributed by atoms with van der Waals surface area (Å²) in [6.07, 6.45) is 1.43. The predicted molar refractivity (Wildman–Crippen MR) is 75.1 cm³/mol. The zero-order chi connectivity index (χ0) is 13.4. The third-order valence-corrected chi connectivity index (χ3v) is 3.38. The molecule has 1 rings (SSSR count). The van der Waals surface area contributed by atoms with Crippen LogP contribution in [-0.4, -0.2) is 25.7 Å². The van der Waals surface area contributed by atoms with Crippen molar-refractivity contribution in [3.05, 3.63) is 34.3 Å². The van der Waals surface area contributed by atoms with E-state index in [0.717, 1.165) is 16.5 Å². The fourth-order valence-corrected chi connectivity index (χ4v) is 1.96. The second-order valence-corrected chi connectivity index (χ2v) is 4.91. The van der Waals surface area contributed by atoms with Gasteiger partial charge in [0.05, 0.1) is 6.04 Å². The van der Waals surface area contributed by atoms with Gasteiger partial charge in [0.25, 0.3) is 0 Å². The number of hydrogen-bond acceptors (Lipinski definition) is 3. The Hall–Kier alpha value is -0.910. The van der Waals surface area contributed by atoms with Crippen LogP contribution < -0.4 is 11.1 Å². The van der Waals surface area contributed by atoms with Crippen molar-refractivity contribution < 1.29 is 9.53 Å². The van der Waals surface area contributed by atoms with Gasteiger partial charge in [-0.05, 0) is 24.5 Å². The summed E-state index contributed by atoms with van der Waals surface area (Å²) in [6, 6.07) is 7.31. The lowest BCUT2D eigenvalue weighted by atomic mass is 10.1. The minimum absolute atomic E-state index is 0.123. The van der Waals surface area contributed by atoms with Crippen LogP contribution in [0.15, 0.2) is 28.7 Å². The first-order valence-electron chi connectivity index (χ1n) is 5.90. The lowest BCUT2D eigenvalue weighted by molar-refractivity contribution is -0.122. The highest BCUT2D eigenvalue weighted by molar-refractivity contribution is 9.10. The first-order valence-corrected chi connectivity index (χ1v) is 6.70. The van der Waals surface area contributed by atoms with Gasteiger partial charge >= 0.3 is 0 Å². The number of hydrogen-bond donors (Lipinski definition) is 2. The van der Waals surface area contributed by atoms with Crippen LogP contribution >= 0.6 is 15.9 Å². The largest absolute Gasteiger partial charge is 0.385 e. The van der Waals surface area contributed by atoms with Gasteiger partial charge in [0.1, 0.15) is 0 Å². The Bertz CT molecular complexity index is 385. The molecule has 18 heavy (non-hydrogen) atoms. The van der Waals surface area contributed by atoms with E-state index in [1.54, 1.807) is 7.11 Å². The van der Waals surface area contributed by atoms with Gasteiger partial charge in [-0.3, -0.25) is 4.79 Å². The van der Waals surface area contributed by atoms with Crippen LogP contribution in [0.3, 0.4) is 0 Å². The summed E-state index contributed by atoms with van der Waals surface area (Å²) >= 11 is 3.44. The maximum Gasteiger partial charge on any atom is 0.237 e. The van der Waals surface area contributed by atoms with Gasteiger partial charge in [0.2, 0.25) is 5.91 Å². The first-order chi connectivity index (χ1) is 8.65. The van der Waals surface area contributed by atoms with Gasteiger partial charge in [0, 0.05) is 24.7 Å². The molecule has 0 saturated heterocycles. The average molecular weight is 315 g/mol. The van der Waals surface area contributed by atoms with Crippen molar-refractivity contribution in [3.8, 4) is 0 Å². The minimum Gasteiger partial charge on any atom is -0.385 e. The van der Waals surface area contributed by atoms with E-state index in [4.69, 9.17) is 10.5 Å². The molecule has 1 amide bonds. The number of carbonyl (C=O) groups excluding carboxylic acids is 1. The molecule has 0 aliphatic carbocycles. The van der Waals surface area contributed by atoms with Crippen molar-refractivity contribution in [1.82, 2.24) is 5.32 Å². The Morgan fingerprint density at radius 1 is 1.50 bits per heavy atom. The highest BCUT2D eigenvalue weighted by Crippen LogP contribution is 2.15. The van der Waals surface area contributed by atoms with Crippen LogP contribution in [0.5, 0.6) is 0 Å². The van der Waals surface area contributed by atoms with Crippen LogP contribution in [0.25, 0.3) is 0 Å². The Labute approximate surface area is 116 Å². The second kappa shape index (κ2) is 8.24. The summed E-state index contributed by atoms with van der Waals surface area (Å²) in [5, 5.41) is 2.83. The topological polar surface area (TPSA) is 64.3 Å². The highest BCUT2D eigenvalue weighted by atomic mass is 79.9. The van der Waals surface area contributed by atoms with Crippen molar-refractivity contribution in [1.29, 1.82) is 0 Å². The van der Waals surface area contributed by atoms with E-state index in [1.807, 2.05) is 24.3 Å². The molecular formula is C13H19BrN2O2. The maximum atomic E-state index is 11.7. The molecule has 100 valence electrons. The number of methoxy groups -OCH3 is 1. The summed E-state index contributed by atoms with van der Waals surface area (Å²) in [7, 11) is 1.64. The highest BCUT2D eigenvalue weighted by Gasteiger charge is 2.12. The predicted octanol–water partition coefficient (Wildman–Crippen LogP) is 1.82. The third-order valence-electron chi connectivity index (χ3n) is 2.61. The number of rotatable bonds is 7. The number of carbonyl (C=O) groups is 1. The molecule has 0 aliphatic heterocycles. The molecule has 0 aliphatic rings. The van der Waals surface area contributed by atoms with Gasteiger partial charge in [-0.1, -0.05) is 34.1 Å². The van der Waals surface area contributed by atoms with Crippen molar-refractivity contribution in [2.75, 3.05) is 13.7 Å². The van der Waals surface area contributed by atoms with E-state index in [-0.39, 0.29) is 5.91 Å². The number of nitrogens with two attached hydrogens (primary N) is 1. The number of ether oxygens (including phenoxy) is 1. The quantitative estimate of drug-likeness (QED) is 0.755. The van der Waals surface area contributed by atoms with E-state index < -0.39 is 6.04 Å². The van der Waals surface area contributed by atoms with Gasteiger partial charge in [-0.15, -0.1) is 0 Å². The van der Waals surface area contributed by atoms with E-state index in [9.17, 15) is 4.79 Å². The molecule has 3 N–H and O–H groups in total. The molecule has 1 unspecified atom stereocenters. The summed E-state index contributed by atoms with van der Waals surface area (Å²) in [6.45, 7) is 1.11. The SMILES string of the molecule is COCCCC(N)C(=O)NCc1ccccc1Br. The smallest absolute Gasteiger partial charge is 0.237 e. The molecule has 1 atom stereocenters. The van der Waals surface area contributed by atoms with Crippen molar-refractivity contribution >= 4 is 21.8 Å². The molecule has 0 radical (unpaired) electrons. The lowest BCUT2D eigenvalue weighted by Crippen LogP contribution is -2.40. The zero-order valence-corrected chi connectivity index (χ0v) is 12.1. The zero-order valence-electron chi connectivity index (χ0n) is 10.5. The number of nitrogens with one attached hydrogen (secondary N) is 1. The van der Waals surface area contributed by atoms with Crippen LogP contribution in [-0.2, 0) is 16.1 Å². The molecule has 1 aromatic rings. The van der Waals surface area contributed by atoms with Crippen LogP contribution in [0.2, 0.25) is 0 Å². The van der Waals surface area contributed by atoms with E-state index in [2.05, 4.69) is 21.2 Å². The van der Waals surface area contributed by atoms with Crippen LogP contribution in [0, 0.1) is 0 Å².